The van der Waals surface area contributed by atoms with E-state index in [0.717, 1.165) is 27.6 Å². The van der Waals surface area contributed by atoms with Gasteiger partial charge in [-0.15, -0.1) is 11.8 Å². The van der Waals surface area contributed by atoms with Gasteiger partial charge < -0.3 is 5.32 Å². The fourth-order valence-electron chi connectivity index (χ4n) is 3.19. The second-order valence-corrected chi connectivity index (χ2v) is 8.36. The molecule has 0 fully saturated rings. The molecule has 0 aliphatic heterocycles. The molecule has 1 N–H and O–H groups in total. The molecule has 2 heterocycles. The first-order valence-electron chi connectivity index (χ1n) is 9.81. The van der Waals surface area contributed by atoms with Gasteiger partial charge in [-0.05, 0) is 42.3 Å². The van der Waals surface area contributed by atoms with Gasteiger partial charge in [0.1, 0.15) is 5.15 Å². The van der Waals surface area contributed by atoms with Gasteiger partial charge in [0.15, 0.2) is 0 Å². The SMILES string of the molecule is Cc1nn(Cc2ccccc2)c(Cl)c1C(=O)Nc1cccc(CSc2ccccn2)c1. The Labute approximate surface area is 190 Å². The Hall–Kier alpha value is -3.09. The zero-order valence-corrected chi connectivity index (χ0v) is 18.5. The van der Waals surface area contributed by atoms with Crippen LogP contribution in [0.4, 0.5) is 5.69 Å². The van der Waals surface area contributed by atoms with E-state index < -0.39 is 0 Å². The van der Waals surface area contributed by atoms with Crippen LogP contribution in [0.1, 0.15) is 27.2 Å². The lowest BCUT2D eigenvalue weighted by Crippen LogP contribution is -2.13. The summed E-state index contributed by atoms with van der Waals surface area (Å²) in [7, 11) is 0. The van der Waals surface area contributed by atoms with Crippen molar-refractivity contribution in [3.8, 4) is 0 Å². The summed E-state index contributed by atoms with van der Waals surface area (Å²) in [5, 5.41) is 8.71. The Morgan fingerprint density at radius 1 is 1.03 bits per heavy atom. The van der Waals surface area contributed by atoms with E-state index in [0.29, 0.717) is 23.0 Å². The van der Waals surface area contributed by atoms with E-state index in [1.807, 2.05) is 72.8 Å². The molecule has 156 valence electrons. The van der Waals surface area contributed by atoms with Gasteiger partial charge in [0.25, 0.3) is 5.91 Å². The maximum absolute atomic E-state index is 12.9. The Bertz CT molecular complexity index is 1180. The summed E-state index contributed by atoms with van der Waals surface area (Å²) in [4.78, 5) is 17.3. The molecule has 4 rings (SSSR count). The van der Waals surface area contributed by atoms with E-state index in [-0.39, 0.29) is 5.91 Å². The molecule has 0 radical (unpaired) electrons. The molecule has 0 aliphatic rings. The van der Waals surface area contributed by atoms with E-state index in [1.165, 1.54) is 0 Å². The lowest BCUT2D eigenvalue weighted by molar-refractivity contribution is 0.102. The van der Waals surface area contributed by atoms with E-state index >= 15 is 0 Å². The number of hydrogen-bond acceptors (Lipinski definition) is 4. The molecule has 4 aromatic rings. The van der Waals surface area contributed by atoms with Crippen molar-refractivity contribution in [3.05, 3.63) is 107 Å². The summed E-state index contributed by atoms with van der Waals surface area (Å²) < 4.78 is 1.65. The quantitative estimate of drug-likeness (QED) is 0.361. The van der Waals surface area contributed by atoms with Gasteiger partial charge in [-0.25, -0.2) is 9.67 Å². The third-order valence-corrected chi connectivity index (χ3v) is 6.08. The van der Waals surface area contributed by atoms with Crippen molar-refractivity contribution in [1.29, 1.82) is 0 Å². The van der Waals surface area contributed by atoms with Gasteiger partial charge in [0.2, 0.25) is 0 Å². The monoisotopic (exact) mass is 448 g/mol. The predicted octanol–water partition coefficient (Wildman–Crippen LogP) is 5.83. The Morgan fingerprint density at radius 2 is 1.81 bits per heavy atom. The molecule has 0 saturated heterocycles. The van der Waals surface area contributed by atoms with Crippen LogP contribution in [0.2, 0.25) is 5.15 Å². The highest BCUT2D eigenvalue weighted by Crippen LogP contribution is 2.25. The van der Waals surface area contributed by atoms with Gasteiger partial charge in [0.05, 0.1) is 22.8 Å². The number of nitrogens with zero attached hydrogens (tertiary/aromatic N) is 3. The van der Waals surface area contributed by atoms with Crippen molar-refractivity contribution < 1.29 is 4.79 Å². The summed E-state index contributed by atoms with van der Waals surface area (Å²) in [5.74, 6) is 0.492. The highest BCUT2D eigenvalue weighted by atomic mass is 35.5. The van der Waals surface area contributed by atoms with Crippen molar-refractivity contribution in [1.82, 2.24) is 14.8 Å². The number of pyridine rings is 1. The molecule has 0 unspecified atom stereocenters. The molecule has 7 heteroatoms. The largest absolute Gasteiger partial charge is 0.322 e. The summed E-state index contributed by atoms with van der Waals surface area (Å²) in [5.41, 5.74) is 3.87. The Kier molecular flexibility index (Phi) is 6.70. The number of aryl methyl sites for hydroxylation is 1. The first-order valence-corrected chi connectivity index (χ1v) is 11.2. The summed E-state index contributed by atoms with van der Waals surface area (Å²) >= 11 is 8.17. The third-order valence-electron chi connectivity index (χ3n) is 4.68. The summed E-state index contributed by atoms with van der Waals surface area (Å²) in [6.07, 6.45) is 1.78. The molecular weight excluding hydrogens is 428 g/mol. The third kappa shape index (κ3) is 5.34. The number of halogens is 1. The molecule has 0 bridgehead atoms. The van der Waals surface area contributed by atoms with Gasteiger partial charge in [0, 0.05) is 17.6 Å². The average Bonchev–Trinajstić information content (AvgIpc) is 3.07. The molecule has 2 aromatic heterocycles. The van der Waals surface area contributed by atoms with Crippen LogP contribution < -0.4 is 5.32 Å². The van der Waals surface area contributed by atoms with Crippen LogP contribution in [0.15, 0.2) is 84.0 Å². The van der Waals surface area contributed by atoms with Crippen LogP contribution in [0.5, 0.6) is 0 Å². The number of thioether (sulfide) groups is 1. The molecule has 5 nitrogen and oxygen atoms in total. The lowest BCUT2D eigenvalue weighted by atomic mass is 10.2. The number of rotatable bonds is 7. The van der Waals surface area contributed by atoms with E-state index in [1.54, 1.807) is 29.6 Å². The number of aromatic nitrogens is 3. The van der Waals surface area contributed by atoms with Gasteiger partial charge in [-0.3, -0.25) is 4.79 Å². The minimum Gasteiger partial charge on any atom is -0.322 e. The van der Waals surface area contributed by atoms with Gasteiger partial charge in [-0.2, -0.15) is 5.10 Å². The highest BCUT2D eigenvalue weighted by Gasteiger charge is 2.20. The zero-order valence-electron chi connectivity index (χ0n) is 17.0. The molecule has 0 atom stereocenters. The number of nitrogens with one attached hydrogen (secondary N) is 1. The number of hydrogen-bond donors (Lipinski definition) is 1. The van der Waals surface area contributed by atoms with Crippen molar-refractivity contribution in [3.63, 3.8) is 0 Å². The fraction of sp³-hybridized carbons (Fsp3) is 0.125. The summed E-state index contributed by atoms with van der Waals surface area (Å²) in [6.45, 7) is 2.30. The van der Waals surface area contributed by atoms with Crippen molar-refractivity contribution >= 4 is 35.0 Å². The summed E-state index contributed by atoms with van der Waals surface area (Å²) in [6, 6.07) is 23.5. The minimum absolute atomic E-state index is 0.267. The van der Waals surface area contributed by atoms with Crippen LogP contribution in [0.3, 0.4) is 0 Å². The number of benzene rings is 2. The predicted molar refractivity (Wildman–Crippen MR) is 126 cm³/mol. The number of carbonyl (C=O) groups excluding carboxylic acids is 1. The van der Waals surface area contributed by atoms with E-state index in [2.05, 4.69) is 15.4 Å². The fourth-order valence-corrected chi connectivity index (χ4v) is 4.32. The van der Waals surface area contributed by atoms with Crippen LogP contribution >= 0.6 is 23.4 Å². The number of anilines is 1. The maximum atomic E-state index is 12.9. The van der Waals surface area contributed by atoms with Gasteiger partial charge >= 0.3 is 0 Å². The van der Waals surface area contributed by atoms with Crippen LogP contribution in [0, 0.1) is 6.92 Å². The second-order valence-electron chi connectivity index (χ2n) is 7.01. The topological polar surface area (TPSA) is 59.8 Å². The van der Waals surface area contributed by atoms with Gasteiger partial charge in [-0.1, -0.05) is 60.1 Å². The van der Waals surface area contributed by atoms with Crippen LogP contribution in [-0.4, -0.2) is 20.7 Å². The lowest BCUT2D eigenvalue weighted by Gasteiger charge is -2.08. The van der Waals surface area contributed by atoms with Crippen molar-refractivity contribution in [2.75, 3.05) is 5.32 Å². The molecule has 0 saturated carbocycles. The normalized spacial score (nSPS) is 10.8. The number of amides is 1. The van der Waals surface area contributed by atoms with E-state index in [9.17, 15) is 4.79 Å². The smallest absolute Gasteiger partial charge is 0.260 e. The highest BCUT2D eigenvalue weighted by molar-refractivity contribution is 7.98. The molecular formula is C24H21ClN4OS. The van der Waals surface area contributed by atoms with Crippen LogP contribution in [0.25, 0.3) is 0 Å². The van der Waals surface area contributed by atoms with Crippen molar-refractivity contribution in [2.24, 2.45) is 0 Å². The molecule has 2 aromatic carbocycles. The molecule has 0 spiro atoms. The molecule has 31 heavy (non-hydrogen) atoms. The minimum atomic E-state index is -0.267. The first-order chi connectivity index (χ1) is 15.1. The molecule has 0 aliphatic carbocycles. The average molecular weight is 449 g/mol. The maximum Gasteiger partial charge on any atom is 0.260 e. The molecule has 1 amide bonds. The van der Waals surface area contributed by atoms with Crippen molar-refractivity contribution in [2.45, 2.75) is 24.2 Å². The van der Waals surface area contributed by atoms with Crippen LogP contribution in [-0.2, 0) is 12.3 Å². The standard InChI is InChI=1S/C24H21ClN4OS/c1-17-22(23(25)29(28-17)15-18-8-3-2-4-9-18)24(30)27-20-11-7-10-19(14-20)16-31-21-12-5-6-13-26-21/h2-14H,15-16H2,1H3,(H,27,30). The first kappa shape index (κ1) is 21.2. The Morgan fingerprint density at radius 3 is 2.58 bits per heavy atom. The second kappa shape index (κ2) is 9.81. The van der Waals surface area contributed by atoms with E-state index in [4.69, 9.17) is 11.6 Å². The zero-order chi connectivity index (χ0) is 21.6. The number of carbonyl (C=O) groups is 1. The Balaban J connectivity index is 1.46.